The zero-order chi connectivity index (χ0) is 16.8. The maximum Gasteiger partial charge on any atom is 0.251 e. The Kier molecular flexibility index (Phi) is 5.86. The minimum atomic E-state index is -0.249. The molecular formula is C19H26N2O3. The van der Waals surface area contributed by atoms with Gasteiger partial charge in [-0.25, -0.2) is 0 Å². The molecule has 2 fully saturated rings. The fourth-order valence-corrected chi connectivity index (χ4v) is 3.46. The van der Waals surface area contributed by atoms with Crippen molar-refractivity contribution in [1.29, 1.82) is 0 Å². The molecule has 5 nitrogen and oxygen atoms in total. The van der Waals surface area contributed by atoms with Gasteiger partial charge in [0.15, 0.2) is 0 Å². The predicted octanol–water partition coefficient (Wildman–Crippen LogP) is 1.76. The third-order valence-electron chi connectivity index (χ3n) is 4.94. The van der Waals surface area contributed by atoms with Crippen molar-refractivity contribution in [2.75, 3.05) is 26.2 Å². The first-order valence-corrected chi connectivity index (χ1v) is 8.96. The SMILES string of the molecule is O=C(NCCc1ccccc1)C1CCN(C(=O)C2CCCO2)CC1. The van der Waals surface area contributed by atoms with Crippen molar-refractivity contribution < 1.29 is 14.3 Å². The molecule has 0 spiro atoms. The van der Waals surface area contributed by atoms with E-state index < -0.39 is 0 Å². The molecule has 1 aromatic carbocycles. The summed E-state index contributed by atoms with van der Waals surface area (Å²) in [6, 6.07) is 10.2. The Morgan fingerprint density at radius 2 is 1.88 bits per heavy atom. The highest BCUT2D eigenvalue weighted by Gasteiger charge is 2.32. The summed E-state index contributed by atoms with van der Waals surface area (Å²) in [6.45, 7) is 2.68. The molecule has 1 aromatic rings. The molecule has 2 aliphatic heterocycles. The molecule has 2 amide bonds. The summed E-state index contributed by atoms with van der Waals surface area (Å²) in [5.41, 5.74) is 1.23. The van der Waals surface area contributed by atoms with E-state index in [1.807, 2.05) is 23.1 Å². The van der Waals surface area contributed by atoms with E-state index in [1.54, 1.807) is 0 Å². The number of ether oxygens (including phenoxy) is 1. The van der Waals surface area contributed by atoms with Gasteiger partial charge in [0.05, 0.1) is 0 Å². The van der Waals surface area contributed by atoms with Crippen LogP contribution in [-0.4, -0.2) is 49.1 Å². The average Bonchev–Trinajstić information content (AvgIpc) is 3.17. The van der Waals surface area contributed by atoms with Gasteiger partial charge in [0.1, 0.15) is 6.10 Å². The van der Waals surface area contributed by atoms with Crippen molar-refractivity contribution in [3.8, 4) is 0 Å². The molecule has 24 heavy (non-hydrogen) atoms. The predicted molar refractivity (Wildman–Crippen MR) is 91.4 cm³/mol. The van der Waals surface area contributed by atoms with Crippen LogP contribution in [0.4, 0.5) is 0 Å². The maximum atomic E-state index is 12.3. The van der Waals surface area contributed by atoms with Crippen LogP contribution >= 0.6 is 0 Å². The summed E-state index contributed by atoms with van der Waals surface area (Å²) in [5.74, 6) is 0.250. The fourth-order valence-electron chi connectivity index (χ4n) is 3.46. The standard InChI is InChI=1S/C19H26N2O3/c22-18(20-11-8-15-5-2-1-3-6-15)16-9-12-21(13-10-16)19(23)17-7-4-14-24-17/h1-3,5-6,16-17H,4,7-14H2,(H,20,22). The van der Waals surface area contributed by atoms with Crippen LogP contribution in [-0.2, 0) is 20.7 Å². The Morgan fingerprint density at radius 3 is 2.54 bits per heavy atom. The number of nitrogens with zero attached hydrogens (tertiary/aromatic N) is 1. The van der Waals surface area contributed by atoms with Crippen molar-refractivity contribution in [2.24, 2.45) is 5.92 Å². The number of rotatable bonds is 5. The van der Waals surface area contributed by atoms with Gasteiger partial charge in [0.2, 0.25) is 5.91 Å². The van der Waals surface area contributed by atoms with Gasteiger partial charge in [-0.2, -0.15) is 0 Å². The molecule has 1 N–H and O–H groups in total. The summed E-state index contributed by atoms with van der Waals surface area (Å²) >= 11 is 0. The van der Waals surface area contributed by atoms with Crippen molar-refractivity contribution >= 4 is 11.8 Å². The Morgan fingerprint density at radius 1 is 1.12 bits per heavy atom. The second kappa shape index (κ2) is 8.29. The summed E-state index contributed by atoms with van der Waals surface area (Å²) in [4.78, 5) is 26.5. The molecule has 1 unspecified atom stereocenters. The van der Waals surface area contributed by atoms with Gasteiger partial charge in [-0.1, -0.05) is 30.3 Å². The van der Waals surface area contributed by atoms with Crippen LogP contribution in [0.2, 0.25) is 0 Å². The van der Waals surface area contributed by atoms with E-state index in [4.69, 9.17) is 4.74 Å². The van der Waals surface area contributed by atoms with Crippen LogP contribution in [0.25, 0.3) is 0 Å². The lowest BCUT2D eigenvalue weighted by Gasteiger charge is -2.32. The molecule has 0 saturated carbocycles. The zero-order valence-electron chi connectivity index (χ0n) is 14.1. The quantitative estimate of drug-likeness (QED) is 0.895. The Bertz CT molecular complexity index is 547. The Hall–Kier alpha value is -1.88. The zero-order valence-corrected chi connectivity index (χ0v) is 14.1. The van der Waals surface area contributed by atoms with E-state index in [2.05, 4.69) is 17.4 Å². The number of amides is 2. The number of carbonyl (C=O) groups excluding carboxylic acids is 2. The summed E-state index contributed by atoms with van der Waals surface area (Å²) in [7, 11) is 0. The fraction of sp³-hybridized carbons (Fsp3) is 0.579. The van der Waals surface area contributed by atoms with Gasteiger partial charge in [0, 0.05) is 32.2 Å². The summed E-state index contributed by atoms with van der Waals surface area (Å²) in [6.07, 6.45) is 3.89. The lowest BCUT2D eigenvalue weighted by Crippen LogP contribution is -2.46. The van der Waals surface area contributed by atoms with Crippen molar-refractivity contribution in [1.82, 2.24) is 10.2 Å². The van der Waals surface area contributed by atoms with Crippen LogP contribution in [0.3, 0.4) is 0 Å². The highest BCUT2D eigenvalue weighted by atomic mass is 16.5. The normalized spacial score (nSPS) is 21.7. The number of hydrogen-bond acceptors (Lipinski definition) is 3. The monoisotopic (exact) mass is 330 g/mol. The molecule has 0 aromatic heterocycles. The molecule has 2 aliphatic rings. The summed E-state index contributed by atoms with van der Waals surface area (Å²) in [5, 5.41) is 3.03. The van der Waals surface area contributed by atoms with E-state index in [9.17, 15) is 9.59 Å². The number of hydrogen-bond donors (Lipinski definition) is 1. The van der Waals surface area contributed by atoms with Gasteiger partial charge in [-0.05, 0) is 37.7 Å². The first kappa shape index (κ1) is 17.0. The van der Waals surface area contributed by atoms with Gasteiger partial charge in [-0.3, -0.25) is 9.59 Å². The van der Waals surface area contributed by atoms with E-state index in [0.717, 1.165) is 32.1 Å². The number of carbonyl (C=O) groups is 2. The highest BCUT2D eigenvalue weighted by molar-refractivity contribution is 5.82. The second-order valence-corrected chi connectivity index (χ2v) is 6.63. The van der Waals surface area contributed by atoms with Crippen LogP contribution < -0.4 is 5.32 Å². The van der Waals surface area contributed by atoms with E-state index in [1.165, 1.54) is 5.56 Å². The molecule has 0 radical (unpaired) electrons. The first-order valence-electron chi connectivity index (χ1n) is 8.96. The molecular weight excluding hydrogens is 304 g/mol. The van der Waals surface area contributed by atoms with Crippen LogP contribution in [0, 0.1) is 5.92 Å². The molecule has 2 heterocycles. The van der Waals surface area contributed by atoms with E-state index >= 15 is 0 Å². The molecule has 130 valence electrons. The maximum absolute atomic E-state index is 12.3. The van der Waals surface area contributed by atoms with Crippen LogP contribution in [0.15, 0.2) is 30.3 Å². The average molecular weight is 330 g/mol. The summed E-state index contributed by atoms with van der Waals surface area (Å²) < 4.78 is 5.47. The molecule has 5 heteroatoms. The lowest BCUT2D eigenvalue weighted by atomic mass is 9.95. The number of benzene rings is 1. The van der Waals surface area contributed by atoms with E-state index in [0.29, 0.717) is 26.2 Å². The van der Waals surface area contributed by atoms with Gasteiger partial charge in [-0.15, -0.1) is 0 Å². The molecule has 1 atom stereocenters. The second-order valence-electron chi connectivity index (χ2n) is 6.63. The third-order valence-corrected chi connectivity index (χ3v) is 4.94. The minimum absolute atomic E-state index is 0.0225. The molecule has 0 bridgehead atoms. The number of likely N-dealkylation sites (tertiary alicyclic amines) is 1. The minimum Gasteiger partial charge on any atom is -0.368 e. The smallest absolute Gasteiger partial charge is 0.251 e. The molecule has 3 rings (SSSR count). The highest BCUT2D eigenvalue weighted by Crippen LogP contribution is 2.21. The van der Waals surface area contributed by atoms with Crippen molar-refractivity contribution in [3.05, 3.63) is 35.9 Å². The van der Waals surface area contributed by atoms with Crippen LogP contribution in [0.5, 0.6) is 0 Å². The van der Waals surface area contributed by atoms with Crippen molar-refractivity contribution in [3.63, 3.8) is 0 Å². The Labute approximate surface area is 143 Å². The van der Waals surface area contributed by atoms with Gasteiger partial charge < -0.3 is 15.0 Å². The number of piperidine rings is 1. The number of nitrogens with one attached hydrogen (secondary N) is 1. The lowest BCUT2D eigenvalue weighted by molar-refractivity contribution is -0.143. The first-order chi connectivity index (χ1) is 11.7. The molecule has 0 aliphatic carbocycles. The topological polar surface area (TPSA) is 58.6 Å². The van der Waals surface area contributed by atoms with Crippen molar-refractivity contribution in [2.45, 2.75) is 38.2 Å². The third kappa shape index (κ3) is 4.35. The largest absolute Gasteiger partial charge is 0.368 e. The van der Waals surface area contributed by atoms with Gasteiger partial charge >= 0.3 is 0 Å². The molecule has 2 saturated heterocycles. The Balaban J connectivity index is 1.38. The van der Waals surface area contributed by atoms with Crippen LogP contribution in [0.1, 0.15) is 31.2 Å². The van der Waals surface area contributed by atoms with E-state index in [-0.39, 0.29) is 23.8 Å². The van der Waals surface area contributed by atoms with Gasteiger partial charge in [0.25, 0.3) is 5.91 Å².